The van der Waals surface area contributed by atoms with Crippen LogP contribution in [0.4, 0.5) is 21.9 Å². The van der Waals surface area contributed by atoms with E-state index in [9.17, 15) is 4.79 Å². The number of hydrogen-bond acceptors (Lipinski definition) is 6. The standard InChI is InChI=1S/C22H30BN3O4/c1-6-28-20(27)26-19-12-11-17(13-18(19)24)25-14-15-7-9-16(10-8-15)23-29-21(2,3)22(4,5)30-23/h7-13,25H,6,14,24H2,1-5H3,(H,26,27). The topological polar surface area (TPSA) is 94.8 Å². The molecule has 7 nitrogen and oxygen atoms in total. The molecule has 1 fully saturated rings. The average Bonchev–Trinajstić information content (AvgIpc) is 2.90. The van der Waals surface area contributed by atoms with E-state index in [1.54, 1.807) is 19.1 Å². The Morgan fingerprint density at radius 2 is 1.70 bits per heavy atom. The van der Waals surface area contributed by atoms with Crippen molar-refractivity contribution in [2.75, 3.05) is 23.0 Å². The molecule has 0 aromatic heterocycles. The second-order valence-corrected chi connectivity index (χ2v) is 8.33. The van der Waals surface area contributed by atoms with Crippen LogP contribution in [0.15, 0.2) is 42.5 Å². The Morgan fingerprint density at radius 3 is 2.27 bits per heavy atom. The van der Waals surface area contributed by atoms with Gasteiger partial charge in [0.15, 0.2) is 0 Å². The maximum Gasteiger partial charge on any atom is 0.494 e. The van der Waals surface area contributed by atoms with Crippen LogP contribution in [-0.2, 0) is 20.6 Å². The van der Waals surface area contributed by atoms with E-state index in [4.69, 9.17) is 19.8 Å². The van der Waals surface area contributed by atoms with Crippen molar-refractivity contribution in [1.82, 2.24) is 0 Å². The molecule has 2 aromatic carbocycles. The van der Waals surface area contributed by atoms with Gasteiger partial charge in [-0.2, -0.15) is 0 Å². The summed E-state index contributed by atoms with van der Waals surface area (Å²) in [5.74, 6) is 0. The van der Waals surface area contributed by atoms with Crippen molar-refractivity contribution in [3.05, 3.63) is 48.0 Å². The molecule has 0 spiro atoms. The lowest BCUT2D eigenvalue weighted by Crippen LogP contribution is -2.41. The Hall–Kier alpha value is -2.71. The SMILES string of the molecule is CCOC(=O)Nc1ccc(NCc2ccc(B3OC(C)(C)C(C)(C)O3)cc2)cc1N. The van der Waals surface area contributed by atoms with Gasteiger partial charge in [-0.1, -0.05) is 24.3 Å². The second kappa shape index (κ2) is 8.57. The van der Waals surface area contributed by atoms with Crippen LogP contribution in [0.2, 0.25) is 0 Å². The quantitative estimate of drug-likeness (QED) is 0.495. The molecule has 0 aliphatic carbocycles. The van der Waals surface area contributed by atoms with Crippen LogP contribution in [0.25, 0.3) is 0 Å². The number of benzene rings is 2. The molecule has 4 N–H and O–H groups in total. The molecule has 0 bridgehead atoms. The van der Waals surface area contributed by atoms with Gasteiger partial charge in [-0.15, -0.1) is 0 Å². The average molecular weight is 411 g/mol. The molecule has 1 saturated heterocycles. The van der Waals surface area contributed by atoms with Gasteiger partial charge >= 0.3 is 13.2 Å². The summed E-state index contributed by atoms with van der Waals surface area (Å²) in [6.45, 7) is 10.9. The number of carbonyl (C=O) groups is 1. The van der Waals surface area contributed by atoms with Crippen LogP contribution in [0, 0.1) is 0 Å². The van der Waals surface area contributed by atoms with E-state index in [0.29, 0.717) is 24.5 Å². The fourth-order valence-electron chi connectivity index (χ4n) is 3.04. The zero-order chi connectivity index (χ0) is 21.9. The molecule has 160 valence electrons. The number of amides is 1. The Bertz CT molecular complexity index is 884. The van der Waals surface area contributed by atoms with Crippen LogP contribution in [0.5, 0.6) is 0 Å². The van der Waals surface area contributed by atoms with Gasteiger partial charge in [0.25, 0.3) is 0 Å². The van der Waals surface area contributed by atoms with Gasteiger partial charge in [-0.25, -0.2) is 4.79 Å². The normalized spacial score (nSPS) is 16.9. The summed E-state index contributed by atoms with van der Waals surface area (Å²) < 4.78 is 17.1. The second-order valence-electron chi connectivity index (χ2n) is 8.33. The lowest BCUT2D eigenvalue weighted by Gasteiger charge is -2.32. The minimum absolute atomic E-state index is 0.304. The van der Waals surface area contributed by atoms with E-state index >= 15 is 0 Å². The van der Waals surface area contributed by atoms with Crippen LogP contribution >= 0.6 is 0 Å². The third kappa shape index (κ3) is 4.88. The van der Waals surface area contributed by atoms with Crippen molar-refractivity contribution in [2.45, 2.75) is 52.4 Å². The highest BCUT2D eigenvalue weighted by molar-refractivity contribution is 6.62. The molecule has 0 unspecified atom stereocenters. The number of ether oxygens (including phenoxy) is 1. The van der Waals surface area contributed by atoms with E-state index in [2.05, 4.69) is 10.6 Å². The summed E-state index contributed by atoms with van der Waals surface area (Å²) in [5, 5.41) is 5.96. The van der Waals surface area contributed by atoms with Gasteiger partial charge in [0.1, 0.15) is 0 Å². The highest BCUT2D eigenvalue weighted by Crippen LogP contribution is 2.36. The summed E-state index contributed by atoms with van der Waals surface area (Å²) in [6, 6.07) is 13.5. The van der Waals surface area contributed by atoms with Crippen molar-refractivity contribution in [3.8, 4) is 0 Å². The molecule has 3 rings (SSSR count). The highest BCUT2D eigenvalue weighted by Gasteiger charge is 2.51. The number of carbonyl (C=O) groups excluding carboxylic acids is 1. The summed E-state index contributed by atoms with van der Waals surface area (Å²) >= 11 is 0. The zero-order valence-corrected chi connectivity index (χ0v) is 18.2. The van der Waals surface area contributed by atoms with E-state index in [1.165, 1.54) is 0 Å². The van der Waals surface area contributed by atoms with Crippen molar-refractivity contribution >= 4 is 35.7 Å². The fourth-order valence-corrected chi connectivity index (χ4v) is 3.04. The number of hydrogen-bond donors (Lipinski definition) is 3. The highest BCUT2D eigenvalue weighted by atomic mass is 16.7. The van der Waals surface area contributed by atoms with Crippen LogP contribution < -0.4 is 21.8 Å². The third-order valence-electron chi connectivity index (χ3n) is 5.57. The van der Waals surface area contributed by atoms with Gasteiger partial charge in [-0.05, 0) is 63.8 Å². The van der Waals surface area contributed by atoms with Gasteiger partial charge in [0.2, 0.25) is 0 Å². The van der Waals surface area contributed by atoms with Gasteiger partial charge < -0.3 is 25.1 Å². The van der Waals surface area contributed by atoms with Gasteiger partial charge in [0.05, 0.1) is 29.2 Å². The van der Waals surface area contributed by atoms with Crippen molar-refractivity contribution in [2.24, 2.45) is 0 Å². The molecule has 8 heteroatoms. The lowest BCUT2D eigenvalue weighted by molar-refractivity contribution is 0.00578. The lowest BCUT2D eigenvalue weighted by atomic mass is 9.79. The minimum Gasteiger partial charge on any atom is -0.450 e. The largest absolute Gasteiger partial charge is 0.494 e. The first-order valence-electron chi connectivity index (χ1n) is 10.1. The number of nitrogens with two attached hydrogens (primary N) is 1. The number of nitrogens with one attached hydrogen (secondary N) is 2. The summed E-state index contributed by atoms with van der Waals surface area (Å²) in [4.78, 5) is 11.5. The van der Waals surface area contributed by atoms with Crippen molar-refractivity contribution < 1.29 is 18.8 Å². The van der Waals surface area contributed by atoms with Crippen molar-refractivity contribution in [1.29, 1.82) is 0 Å². The van der Waals surface area contributed by atoms with Crippen LogP contribution in [0.1, 0.15) is 40.2 Å². The molecule has 1 heterocycles. The number of anilines is 3. The Kier molecular flexibility index (Phi) is 6.29. The van der Waals surface area contributed by atoms with Crippen molar-refractivity contribution in [3.63, 3.8) is 0 Å². The molecule has 1 amide bonds. The van der Waals surface area contributed by atoms with E-state index < -0.39 is 6.09 Å². The van der Waals surface area contributed by atoms with Gasteiger partial charge in [0, 0.05) is 12.2 Å². The summed E-state index contributed by atoms with van der Waals surface area (Å²) in [6.07, 6.45) is -0.521. The first kappa shape index (κ1) is 22.0. The Morgan fingerprint density at radius 1 is 1.07 bits per heavy atom. The van der Waals surface area contributed by atoms with E-state index in [-0.39, 0.29) is 18.3 Å². The van der Waals surface area contributed by atoms with Gasteiger partial charge in [-0.3, -0.25) is 5.32 Å². The Labute approximate surface area is 178 Å². The molecule has 1 aliphatic rings. The zero-order valence-electron chi connectivity index (χ0n) is 18.2. The van der Waals surface area contributed by atoms with E-state index in [0.717, 1.165) is 16.7 Å². The summed E-state index contributed by atoms with van der Waals surface area (Å²) in [7, 11) is -0.365. The monoisotopic (exact) mass is 411 g/mol. The maximum atomic E-state index is 11.5. The molecule has 0 radical (unpaired) electrons. The number of rotatable bonds is 6. The van der Waals surface area contributed by atoms with Crippen LogP contribution in [-0.4, -0.2) is 31.0 Å². The molecule has 2 aromatic rings. The maximum absolute atomic E-state index is 11.5. The molecular formula is C22H30BN3O4. The fraction of sp³-hybridized carbons (Fsp3) is 0.409. The van der Waals surface area contributed by atoms with Crippen LogP contribution in [0.3, 0.4) is 0 Å². The minimum atomic E-state index is -0.521. The smallest absolute Gasteiger partial charge is 0.450 e. The summed E-state index contributed by atoms with van der Waals surface area (Å²) in [5.41, 5.74) is 9.27. The predicted octanol–water partition coefficient (Wildman–Crippen LogP) is 3.75. The number of nitrogen functional groups attached to an aromatic ring is 1. The molecule has 0 saturated carbocycles. The first-order chi connectivity index (χ1) is 14.1. The molecule has 0 atom stereocenters. The third-order valence-corrected chi connectivity index (χ3v) is 5.57. The Balaban J connectivity index is 1.58. The first-order valence-corrected chi connectivity index (χ1v) is 10.1. The molecule has 30 heavy (non-hydrogen) atoms. The molecular weight excluding hydrogens is 381 g/mol. The predicted molar refractivity (Wildman–Crippen MR) is 121 cm³/mol. The van der Waals surface area contributed by atoms with E-state index in [1.807, 2.05) is 58.0 Å². The molecule has 1 aliphatic heterocycles.